The molecule has 2 amide bonds. The number of rotatable bonds is 10. The minimum atomic E-state index is -0.618. The lowest BCUT2D eigenvalue weighted by Crippen LogP contribution is -2.48. The Balaban J connectivity index is 2.08. The van der Waals surface area contributed by atoms with Gasteiger partial charge in [0, 0.05) is 23.9 Å². The highest BCUT2D eigenvalue weighted by Crippen LogP contribution is 2.25. The number of nitrogens with one attached hydrogen (secondary N) is 1. The van der Waals surface area contributed by atoms with Gasteiger partial charge in [0.15, 0.2) is 0 Å². The molecule has 0 aromatic heterocycles. The Morgan fingerprint density at radius 3 is 2.35 bits per heavy atom. The molecule has 8 heteroatoms. The molecule has 0 bridgehead atoms. The molecule has 31 heavy (non-hydrogen) atoms. The number of benzene rings is 2. The van der Waals surface area contributed by atoms with Crippen LogP contribution >= 0.6 is 46.6 Å². The first-order valence-electron chi connectivity index (χ1n) is 10.0. The summed E-state index contributed by atoms with van der Waals surface area (Å²) in [5.74, 6) is 0.856. The van der Waals surface area contributed by atoms with Gasteiger partial charge in [-0.15, -0.1) is 11.8 Å². The molecule has 2 aromatic rings. The fourth-order valence-electron chi connectivity index (χ4n) is 2.81. The first kappa shape index (κ1) is 25.9. The number of thioether (sulfide) groups is 1. The molecule has 4 nitrogen and oxygen atoms in total. The van der Waals surface area contributed by atoms with E-state index in [-0.39, 0.29) is 24.1 Å². The Hall–Kier alpha value is -1.40. The number of carbonyl (C=O) groups is 2. The maximum Gasteiger partial charge on any atom is 0.242 e. The molecule has 0 saturated carbocycles. The van der Waals surface area contributed by atoms with Crippen molar-refractivity contribution in [2.45, 2.75) is 39.1 Å². The summed E-state index contributed by atoms with van der Waals surface area (Å²) in [6.45, 7) is 6.62. The maximum absolute atomic E-state index is 13.1. The zero-order valence-electron chi connectivity index (χ0n) is 17.8. The topological polar surface area (TPSA) is 49.4 Å². The highest BCUT2D eigenvalue weighted by atomic mass is 35.5. The van der Waals surface area contributed by atoms with E-state index in [1.165, 1.54) is 11.8 Å². The molecule has 0 aliphatic heterocycles. The normalized spacial score (nSPS) is 12.0. The van der Waals surface area contributed by atoms with Crippen molar-refractivity contribution in [3.63, 3.8) is 0 Å². The lowest BCUT2D eigenvalue weighted by molar-refractivity contribution is -0.138. The molecule has 0 saturated heterocycles. The SMILES string of the molecule is CC(C)CNC(=O)[C@H](C)N(Cc1ccccc1Cl)C(=O)CSCc1ccc(Cl)c(Cl)c1. The summed E-state index contributed by atoms with van der Waals surface area (Å²) in [5.41, 5.74) is 1.78. The second-order valence-electron chi connectivity index (χ2n) is 7.67. The van der Waals surface area contributed by atoms with E-state index in [0.29, 0.717) is 33.3 Å². The van der Waals surface area contributed by atoms with Crippen molar-refractivity contribution >= 4 is 58.4 Å². The molecule has 0 heterocycles. The fraction of sp³-hybridized carbons (Fsp3) is 0.391. The third kappa shape index (κ3) is 8.23. The van der Waals surface area contributed by atoms with Gasteiger partial charge in [0.25, 0.3) is 0 Å². The third-order valence-electron chi connectivity index (χ3n) is 4.63. The van der Waals surface area contributed by atoms with Gasteiger partial charge in [-0.2, -0.15) is 0 Å². The van der Waals surface area contributed by atoms with E-state index in [2.05, 4.69) is 5.32 Å². The molecule has 2 aromatic carbocycles. The standard InChI is InChI=1S/C23H27Cl3N2O2S/c1-15(2)11-27-23(30)16(3)28(12-18-6-4-5-7-19(18)24)22(29)14-31-13-17-8-9-20(25)21(26)10-17/h4-10,15-16H,11-14H2,1-3H3,(H,27,30)/t16-/m0/s1. The van der Waals surface area contributed by atoms with Crippen LogP contribution in [-0.2, 0) is 21.9 Å². The summed E-state index contributed by atoms with van der Waals surface area (Å²) >= 11 is 19.8. The predicted molar refractivity (Wildman–Crippen MR) is 132 cm³/mol. The van der Waals surface area contributed by atoms with E-state index in [9.17, 15) is 9.59 Å². The zero-order valence-corrected chi connectivity index (χ0v) is 20.9. The Bertz CT molecular complexity index is 908. The average molecular weight is 502 g/mol. The van der Waals surface area contributed by atoms with Crippen LogP contribution in [0.1, 0.15) is 31.9 Å². The van der Waals surface area contributed by atoms with E-state index in [1.54, 1.807) is 30.0 Å². The van der Waals surface area contributed by atoms with E-state index in [0.717, 1.165) is 11.1 Å². The van der Waals surface area contributed by atoms with Crippen molar-refractivity contribution in [3.8, 4) is 0 Å². The molecule has 0 radical (unpaired) electrons. The van der Waals surface area contributed by atoms with Crippen LogP contribution in [0.25, 0.3) is 0 Å². The molecule has 168 valence electrons. The third-order valence-corrected chi connectivity index (χ3v) is 6.72. The number of hydrogen-bond donors (Lipinski definition) is 1. The Kier molecular flexibility index (Phi) is 10.5. The Morgan fingerprint density at radius 1 is 1.00 bits per heavy atom. The quantitative estimate of drug-likeness (QED) is 0.430. The first-order chi connectivity index (χ1) is 14.7. The van der Waals surface area contributed by atoms with Crippen LogP contribution in [0.4, 0.5) is 0 Å². The van der Waals surface area contributed by atoms with Crippen molar-refractivity contribution in [2.75, 3.05) is 12.3 Å². The molecule has 0 aliphatic rings. The number of amides is 2. The van der Waals surface area contributed by atoms with Crippen LogP contribution < -0.4 is 5.32 Å². The number of carbonyl (C=O) groups excluding carboxylic acids is 2. The first-order valence-corrected chi connectivity index (χ1v) is 12.3. The van der Waals surface area contributed by atoms with E-state index < -0.39 is 6.04 Å². The lowest BCUT2D eigenvalue weighted by Gasteiger charge is -2.29. The molecule has 0 aliphatic carbocycles. The monoisotopic (exact) mass is 500 g/mol. The van der Waals surface area contributed by atoms with Crippen molar-refractivity contribution in [3.05, 3.63) is 68.7 Å². The molecule has 1 N–H and O–H groups in total. The largest absolute Gasteiger partial charge is 0.354 e. The van der Waals surface area contributed by atoms with Crippen LogP contribution in [0.2, 0.25) is 15.1 Å². The van der Waals surface area contributed by atoms with Gasteiger partial charge in [-0.1, -0.05) is 72.9 Å². The molecule has 1 atom stereocenters. The predicted octanol–water partition coefficient (Wildman–Crippen LogP) is 6.07. The van der Waals surface area contributed by atoms with Gasteiger partial charge >= 0.3 is 0 Å². The zero-order chi connectivity index (χ0) is 23.0. The second-order valence-corrected chi connectivity index (χ2v) is 9.88. The Labute approximate surface area is 203 Å². The van der Waals surface area contributed by atoms with Crippen LogP contribution in [-0.4, -0.2) is 35.1 Å². The highest BCUT2D eigenvalue weighted by molar-refractivity contribution is 7.99. The van der Waals surface area contributed by atoms with Gasteiger partial charge < -0.3 is 10.2 Å². The maximum atomic E-state index is 13.1. The molecule has 2 rings (SSSR count). The van der Waals surface area contributed by atoms with Gasteiger partial charge in [-0.05, 0) is 42.2 Å². The summed E-state index contributed by atoms with van der Waals surface area (Å²) in [5, 5.41) is 4.47. The van der Waals surface area contributed by atoms with Crippen LogP contribution in [0.3, 0.4) is 0 Å². The minimum Gasteiger partial charge on any atom is -0.354 e. The molecular formula is C23H27Cl3N2O2S. The van der Waals surface area contributed by atoms with E-state index in [1.807, 2.05) is 38.1 Å². The van der Waals surface area contributed by atoms with Crippen molar-refractivity contribution < 1.29 is 9.59 Å². The summed E-state index contributed by atoms with van der Waals surface area (Å²) < 4.78 is 0. The number of nitrogens with zero attached hydrogens (tertiary/aromatic N) is 1. The van der Waals surface area contributed by atoms with Gasteiger partial charge in [0.2, 0.25) is 11.8 Å². The van der Waals surface area contributed by atoms with Crippen LogP contribution in [0.15, 0.2) is 42.5 Å². The van der Waals surface area contributed by atoms with Crippen LogP contribution in [0.5, 0.6) is 0 Å². The fourth-order valence-corrected chi connectivity index (χ4v) is 4.19. The summed E-state index contributed by atoms with van der Waals surface area (Å²) in [6, 6.07) is 12.2. The second kappa shape index (κ2) is 12.6. The average Bonchev–Trinajstić information content (AvgIpc) is 2.73. The summed E-state index contributed by atoms with van der Waals surface area (Å²) in [4.78, 5) is 27.3. The highest BCUT2D eigenvalue weighted by Gasteiger charge is 2.26. The number of halogens is 3. The van der Waals surface area contributed by atoms with E-state index >= 15 is 0 Å². The molecule has 0 spiro atoms. The van der Waals surface area contributed by atoms with Gasteiger partial charge in [0.05, 0.1) is 15.8 Å². The van der Waals surface area contributed by atoms with Crippen molar-refractivity contribution in [1.29, 1.82) is 0 Å². The van der Waals surface area contributed by atoms with Gasteiger partial charge in [-0.25, -0.2) is 0 Å². The van der Waals surface area contributed by atoms with E-state index in [4.69, 9.17) is 34.8 Å². The van der Waals surface area contributed by atoms with Gasteiger partial charge in [-0.3, -0.25) is 9.59 Å². The molecule has 0 unspecified atom stereocenters. The smallest absolute Gasteiger partial charge is 0.242 e. The minimum absolute atomic E-state index is 0.128. The summed E-state index contributed by atoms with van der Waals surface area (Å²) in [6.07, 6.45) is 0. The van der Waals surface area contributed by atoms with Crippen LogP contribution in [0, 0.1) is 5.92 Å². The lowest BCUT2D eigenvalue weighted by atomic mass is 10.1. The summed E-state index contributed by atoms with van der Waals surface area (Å²) in [7, 11) is 0. The molecule has 0 fully saturated rings. The van der Waals surface area contributed by atoms with Gasteiger partial charge in [0.1, 0.15) is 6.04 Å². The number of hydrogen-bond acceptors (Lipinski definition) is 3. The van der Waals surface area contributed by atoms with Crippen molar-refractivity contribution in [2.24, 2.45) is 5.92 Å². The molecular weight excluding hydrogens is 475 g/mol. The Morgan fingerprint density at radius 2 is 1.71 bits per heavy atom. The van der Waals surface area contributed by atoms with Crippen molar-refractivity contribution in [1.82, 2.24) is 10.2 Å².